The highest BCUT2D eigenvalue weighted by atomic mass is 16.5. The molecule has 0 radical (unpaired) electrons. The molecule has 3 heteroatoms. The predicted molar refractivity (Wildman–Crippen MR) is 62.1 cm³/mol. The lowest BCUT2D eigenvalue weighted by Gasteiger charge is -2.46. The van der Waals surface area contributed by atoms with E-state index in [-0.39, 0.29) is 5.54 Å². The molecule has 3 atom stereocenters. The molecule has 3 unspecified atom stereocenters. The van der Waals surface area contributed by atoms with Crippen molar-refractivity contribution in [1.82, 2.24) is 10.2 Å². The van der Waals surface area contributed by atoms with Crippen molar-refractivity contribution in [2.24, 2.45) is 0 Å². The van der Waals surface area contributed by atoms with Crippen LogP contribution >= 0.6 is 0 Å². The minimum atomic E-state index is 0.245. The van der Waals surface area contributed by atoms with Gasteiger partial charge in [-0.2, -0.15) is 0 Å². The fourth-order valence-electron chi connectivity index (χ4n) is 2.81. The lowest BCUT2D eigenvalue weighted by molar-refractivity contribution is 0.0216. The molecule has 2 aliphatic rings. The van der Waals surface area contributed by atoms with Gasteiger partial charge in [0.1, 0.15) is 0 Å². The summed E-state index contributed by atoms with van der Waals surface area (Å²) >= 11 is 0. The minimum Gasteiger partial charge on any atom is -0.377 e. The van der Waals surface area contributed by atoms with Gasteiger partial charge in [0.05, 0.1) is 6.10 Å². The van der Waals surface area contributed by atoms with Gasteiger partial charge in [0.2, 0.25) is 0 Å². The summed E-state index contributed by atoms with van der Waals surface area (Å²) in [4.78, 5) is 2.63. The van der Waals surface area contributed by atoms with Crippen LogP contribution in [-0.2, 0) is 4.74 Å². The van der Waals surface area contributed by atoms with Gasteiger partial charge in [-0.15, -0.1) is 0 Å². The van der Waals surface area contributed by atoms with Crippen molar-refractivity contribution in [2.75, 3.05) is 19.7 Å². The largest absolute Gasteiger partial charge is 0.377 e. The second kappa shape index (κ2) is 4.04. The molecule has 0 aromatic rings. The third kappa shape index (κ3) is 2.35. The fourth-order valence-corrected chi connectivity index (χ4v) is 2.81. The molecular weight excluding hydrogens is 188 g/mol. The Bertz CT molecular complexity index is 230. The molecule has 88 valence electrons. The van der Waals surface area contributed by atoms with E-state index in [1.807, 2.05) is 0 Å². The molecule has 2 fully saturated rings. The summed E-state index contributed by atoms with van der Waals surface area (Å²) in [5, 5.41) is 3.59. The molecule has 2 aliphatic heterocycles. The highest BCUT2D eigenvalue weighted by Crippen LogP contribution is 2.25. The Hall–Kier alpha value is -0.120. The number of hydrogen-bond donors (Lipinski definition) is 1. The van der Waals surface area contributed by atoms with Crippen LogP contribution in [0.1, 0.15) is 34.1 Å². The Morgan fingerprint density at radius 2 is 2.07 bits per heavy atom. The summed E-state index contributed by atoms with van der Waals surface area (Å²) in [5.41, 5.74) is 0.245. The zero-order chi connectivity index (χ0) is 11.1. The second-order valence-corrected chi connectivity index (χ2v) is 5.72. The summed E-state index contributed by atoms with van der Waals surface area (Å²) in [5.74, 6) is 0. The zero-order valence-electron chi connectivity index (χ0n) is 10.4. The standard InChI is InChI=1S/C12H24N2O/c1-9-7-13-12(3,4)8-14(9)11-5-6-15-10(11)2/h9-11,13H,5-8H2,1-4H3. The third-order valence-electron chi connectivity index (χ3n) is 3.78. The molecule has 0 saturated carbocycles. The summed E-state index contributed by atoms with van der Waals surface area (Å²) in [6.07, 6.45) is 1.60. The predicted octanol–water partition coefficient (Wildman–Crippen LogP) is 1.24. The molecule has 0 aromatic carbocycles. The van der Waals surface area contributed by atoms with E-state index in [9.17, 15) is 0 Å². The van der Waals surface area contributed by atoms with Crippen molar-refractivity contribution < 1.29 is 4.74 Å². The lowest BCUT2D eigenvalue weighted by Crippen LogP contribution is -2.63. The van der Waals surface area contributed by atoms with Crippen LogP contribution in [0, 0.1) is 0 Å². The van der Waals surface area contributed by atoms with E-state index in [1.165, 1.54) is 6.42 Å². The highest BCUT2D eigenvalue weighted by Gasteiger charge is 2.38. The maximum Gasteiger partial charge on any atom is 0.0703 e. The molecule has 0 spiro atoms. The third-order valence-corrected chi connectivity index (χ3v) is 3.78. The number of nitrogens with zero attached hydrogens (tertiary/aromatic N) is 1. The van der Waals surface area contributed by atoms with Gasteiger partial charge in [-0.25, -0.2) is 0 Å². The Kier molecular flexibility index (Phi) is 3.06. The Labute approximate surface area is 93.2 Å². The SMILES string of the molecule is CC1OCCC1N1CC(C)(C)NCC1C. The van der Waals surface area contributed by atoms with Crippen molar-refractivity contribution in [3.05, 3.63) is 0 Å². The first-order valence-corrected chi connectivity index (χ1v) is 6.12. The fraction of sp³-hybridized carbons (Fsp3) is 1.00. The first-order valence-electron chi connectivity index (χ1n) is 6.12. The Morgan fingerprint density at radius 3 is 2.67 bits per heavy atom. The van der Waals surface area contributed by atoms with Gasteiger partial charge in [-0.3, -0.25) is 4.90 Å². The normalized spacial score (nSPS) is 42.0. The quantitative estimate of drug-likeness (QED) is 0.707. The van der Waals surface area contributed by atoms with Crippen LogP contribution in [0.4, 0.5) is 0 Å². The van der Waals surface area contributed by atoms with Crippen LogP contribution in [0.15, 0.2) is 0 Å². The topological polar surface area (TPSA) is 24.5 Å². The molecule has 0 aromatic heterocycles. The van der Waals surface area contributed by atoms with Crippen LogP contribution in [0.5, 0.6) is 0 Å². The van der Waals surface area contributed by atoms with Crippen molar-refractivity contribution in [3.8, 4) is 0 Å². The first kappa shape index (κ1) is 11.4. The summed E-state index contributed by atoms with van der Waals surface area (Å²) < 4.78 is 5.67. The molecule has 1 N–H and O–H groups in total. The van der Waals surface area contributed by atoms with E-state index in [0.29, 0.717) is 18.2 Å². The summed E-state index contributed by atoms with van der Waals surface area (Å²) in [7, 11) is 0. The molecule has 3 nitrogen and oxygen atoms in total. The highest BCUT2D eigenvalue weighted by molar-refractivity contribution is 4.96. The van der Waals surface area contributed by atoms with E-state index < -0.39 is 0 Å². The van der Waals surface area contributed by atoms with Crippen molar-refractivity contribution >= 4 is 0 Å². The summed E-state index contributed by atoms with van der Waals surface area (Å²) in [6.45, 7) is 12.2. The minimum absolute atomic E-state index is 0.245. The number of piperazine rings is 1. The molecule has 2 rings (SSSR count). The molecule has 15 heavy (non-hydrogen) atoms. The molecule has 0 bridgehead atoms. The molecule has 0 aliphatic carbocycles. The molecule has 2 heterocycles. The van der Waals surface area contributed by atoms with Crippen LogP contribution in [-0.4, -0.2) is 48.3 Å². The average Bonchev–Trinajstić information content (AvgIpc) is 2.56. The van der Waals surface area contributed by atoms with E-state index >= 15 is 0 Å². The number of rotatable bonds is 1. The van der Waals surface area contributed by atoms with E-state index in [2.05, 4.69) is 37.9 Å². The van der Waals surface area contributed by atoms with E-state index in [1.54, 1.807) is 0 Å². The number of nitrogens with one attached hydrogen (secondary N) is 1. The molecule has 2 saturated heterocycles. The van der Waals surface area contributed by atoms with Crippen LogP contribution in [0.2, 0.25) is 0 Å². The Balaban J connectivity index is 2.05. The van der Waals surface area contributed by atoms with Crippen LogP contribution in [0.25, 0.3) is 0 Å². The van der Waals surface area contributed by atoms with Gasteiger partial charge in [-0.05, 0) is 34.1 Å². The van der Waals surface area contributed by atoms with Gasteiger partial charge < -0.3 is 10.1 Å². The van der Waals surface area contributed by atoms with E-state index in [0.717, 1.165) is 19.7 Å². The molecular formula is C12H24N2O. The second-order valence-electron chi connectivity index (χ2n) is 5.72. The van der Waals surface area contributed by atoms with Crippen molar-refractivity contribution in [2.45, 2.75) is 57.8 Å². The lowest BCUT2D eigenvalue weighted by atomic mass is 9.95. The average molecular weight is 212 g/mol. The van der Waals surface area contributed by atoms with Crippen molar-refractivity contribution in [1.29, 1.82) is 0 Å². The number of ether oxygens (including phenoxy) is 1. The Morgan fingerprint density at radius 1 is 1.33 bits per heavy atom. The van der Waals surface area contributed by atoms with Gasteiger partial charge in [0.25, 0.3) is 0 Å². The maximum atomic E-state index is 5.67. The smallest absolute Gasteiger partial charge is 0.0703 e. The van der Waals surface area contributed by atoms with Crippen LogP contribution < -0.4 is 5.32 Å². The zero-order valence-corrected chi connectivity index (χ0v) is 10.4. The van der Waals surface area contributed by atoms with Gasteiger partial charge in [0.15, 0.2) is 0 Å². The van der Waals surface area contributed by atoms with Gasteiger partial charge in [-0.1, -0.05) is 0 Å². The van der Waals surface area contributed by atoms with Crippen molar-refractivity contribution in [3.63, 3.8) is 0 Å². The van der Waals surface area contributed by atoms with Crippen LogP contribution in [0.3, 0.4) is 0 Å². The maximum absolute atomic E-state index is 5.67. The molecule has 0 amide bonds. The van der Waals surface area contributed by atoms with Gasteiger partial charge >= 0.3 is 0 Å². The van der Waals surface area contributed by atoms with E-state index in [4.69, 9.17) is 4.74 Å². The first-order chi connectivity index (χ1) is 6.99. The summed E-state index contributed by atoms with van der Waals surface area (Å²) in [6, 6.07) is 1.26. The van der Waals surface area contributed by atoms with Gasteiger partial charge in [0, 0.05) is 37.3 Å². The monoisotopic (exact) mass is 212 g/mol. The number of hydrogen-bond acceptors (Lipinski definition) is 3.